The van der Waals surface area contributed by atoms with Crippen molar-refractivity contribution in [3.05, 3.63) is 70.8 Å². The highest BCUT2D eigenvalue weighted by molar-refractivity contribution is 5.35. The summed E-state index contributed by atoms with van der Waals surface area (Å²) in [7, 11) is 1.67. The molecule has 0 unspecified atom stereocenters. The molecule has 2 aromatic carbocycles. The van der Waals surface area contributed by atoms with Crippen LogP contribution in [-0.4, -0.2) is 68.6 Å². The van der Waals surface area contributed by atoms with Gasteiger partial charge in [0.1, 0.15) is 0 Å². The summed E-state index contributed by atoms with van der Waals surface area (Å²) in [6.45, 7) is 4.66. The molecule has 4 rings (SSSR count). The minimum absolute atomic E-state index is 0.111. The lowest BCUT2D eigenvalue weighted by Crippen LogP contribution is -2.46. The third-order valence-corrected chi connectivity index (χ3v) is 7.21. The second-order valence-electron chi connectivity index (χ2n) is 10.2. The molecule has 1 heterocycles. The minimum atomic E-state index is -4.95. The van der Waals surface area contributed by atoms with Crippen LogP contribution < -0.4 is 0 Å². The van der Waals surface area contributed by atoms with Crippen molar-refractivity contribution in [3.8, 4) is 11.8 Å². The Kier molecular flexibility index (Phi) is 10.4. The maximum absolute atomic E-state index is 13.4. The molecule has 0 bridgehead atoms. The van der Waals surface area contributed by atoms with Crippen molar-refractivity contribution < 1.29 is 40.6 Å². The number of morpholine rings is 1. The fourth-order valence-electron chi connectivity index (χ4n) is 4.85. The van der Waals surface area contributed by atoms with E-state index >= 15 is 0 Å². The van der Waals surface area contributed by atoms with Gasteiger partial charge in [-0.2, -0.15) is 26.3 Å². The van der Waals surface area contributed by atoms with Gasteiger partial charge in [0.2, 0.25) is 0 Å². The molecule has 3 atom stereocenters. The van der Waals surface area contributed by atoms with Gasteiger partial charge in [0, 0.05) is 26.2 Å². The highest BCUT2D eigenvalue weighted by Crippen LogP contribution is 2.39. The summed E-state index contributed by atoms with van der Waals surface area (Å²) in [5.74, 6) is 6.47. The highest BCUT2D eigenvalue weighted by atomic mass is 19.4. The number of nitrogens with zero attached hydrogens (tertiary/aromatic N) is 2. The maximum atomic E-state index is 13.4. The number of methoxy groups -OCH3 is 1. The molecule has 1 saturated heterocycles. The van der Waals surface area contributed by atoms with Crippen molar-refractivity contribution in [2.75, 3.05) is 46.5 Å². The molecule has 0 aromatic heterocycles. The predicted octanol–water partition coefficient (Wildman–Crippen LogP) is 6.32. The molecule has 0 amide bonds. The van der Waals surface area contributed by atoms with Crippen LogP contribution in [0.15, 0.2) is 48.5 Å². The third kappa shape index (κ3) is 8.69. The molecular weight excluding hydrogens is 550 g/mol. The molecule has 2 fully saturated rings. The monoisotopic (exact) mass is 584 g/mol. The van der Waals surface area contributed by atoms with E-state index in [0.29, 0.717) is 44.4 Å². The summed E-state index contributed by atoms with van der Waals surface area (Å²) >= 11 is 0. The SMILES string of the molecule is COCCN(CC#CCN1CCO[C@H](O[C@H](C)c2cc(C(F)(F)F)cc(C(F)(F)F)c2)[C@@H]1c1ccccc1)C1CC1. The Morgan fingerprint density at radius 3 is 2.24 bits per heavy atom. The summed E-state index contributed by atoms with van der Waals surface area (Å²) in [6.07, 6.45) is -9.66. The van der Waals surface area contributed by atoms with Gasteiger partial charge in [-0.15, -0.1) is 0 Å². The zero-order valence-electron chi connectivity index (χ0n) is 23.0. The van der Waals surface area contributed by atoms with Gasteiger partial charge in [0.25, 0.3) is 0 Å². The van der Waals surface area contributed by atoms with Gasteiger partial charge in [0.15, 0.2) is 6.29 Å². The van der Waals surface area contributed by atoms with E-state index in [9.17, 15) is 26.3 Å². The largest absolute Gasteiger partial charge is 0.416 e. The van der Waals surface area contributed by atoms with Gasteiger partial charge in [0.05, 0.1) is 49.6 Å². The lowest BCUT2D eigenvalue weighted by molar-refractivity contribution is -0.228. The highest BCUT2D eigenvalue weighted by Gasteiger charge is 2.39. The summed E-state index contributed by atoms with van der Waals surface area (Å²) in [6, 6.07) is 10.9. The van der Waals surface area contributed by atoms with Gasteiger partial charge < -0.3 is 14.2 Å². The molecule has 11 heteroatoms. The summed E-state index contributed by atoms with van der Waals surface area (Å²) in [5.41, 5.74) is -2.17. The maximum Gasteiger partial charge on any atom is 0.416 e. The quantitative estimate of drug-likeness (QED) is 0.241. The fraction of sp³-hybridized carbons (Fsp3) is 0.533. The van der Waals surface area contributed by atoms with Crippen LogP contribution in [0, 0.1) is 11.8 Å². The van der Waals surface area contributed by atoms with E-state index in [1.54, 1.807) is 7.11 Å². The Bertz CT molecular complexity index is 1160. The molecule has 224 valence electrons. The molecule has 1 saturated carbocycles. The van der Waals surface area contributed by atoms with Crippen molar-refractivity contribution >= 4 is 0 Å². The van der Waals surface area contributed by atoms with E-state index in [1.165, 1.54) is 6.92 Å². The van der Waals surface area contributed by atoms with E-state index < -0.39 is 41.9 Å². The second-order valence-corrected chi connectivity index (χ2v) is 10.2. The van der Waals surface area contributed by atoms with Gasteiger partial charge >= 0.3 is 12.4 Å². The van der Waals surface area contributed by atoms with Crippen LogP contribution in [0.3, 0.4) is 0 Å². The Morgan fingerprint density at radius 1 is 1.00 bits per heavy atom. The summed E-state index contributed by atoms with van der Waals surface area (Å²) in [4.78, 5) is 4.36. The standard InChI is InChI=1S/C30H34F6N2O3/c1-21(23-18-24(29(31,32)33)20-25(19-23)30(34,35)36)41-28-27(22-8-4-3-5-9-22)38(15-17-40-28)13-7-6-12-37(14-16-39-2)26-10-11-26/h3-5,8-9,18-21,26-28H,10-17H2,1-2H3/t21-,27+,28-/m1/s1. The number of hydrogen-bond acceptors (Lipinski definition) is 5. The van der Waals surface area contributed by atoms with E-state index in [-0.39, 0.29) is 18.2 Å². The van der Waals surface area contributed by atoms with Crippen LogP contribution in [0.4, 0.5) is 26.3 Å². The first kappa shape index (κ1) is 31.3. The first-order valence-corrected chi connectivity index (χ1v) is 13.5. The first-order valence-electron chi connectivity index (χ1n) is 13.5. The van der Waals surface area contributed by atoms with E-state index in [2.05, 4.69) is 21.6 Å². The van der Waals surface area contributed by atoms with Crippen molar-refractivity contribution in [3.63, 3.8) is 0 Å². The van der Waals surface area contributed by atoms with Crippen LogP contribution in [-0.2, 0) is 26.6 Å². The van der Waals surface area contributed by atoms with Gasteiger partial charge in [-0.3, -0.25) is 9.80 Å². The molecule has 2 aliphatic rings. The normalized spacial score (nSPS) is 21.0. The molecule has 0 N–H and O–H groups in total. The smallest absolute Gasteiger partial charge is 0.383 e. The fourth-order valence-corrected chi connectivity index (χ4v) is 4.85. The van der Waals surface area contributed by atoms with Crippen molar-refractivity contribution in [2.24, 2.45) is 0 Å². The summed E-state index contributed by atoms with van der Waals surface area (Å²) in [5, 5.41) is 0. The van der Waals surface area contributed by atoms with Crippen LogP contribution in [0.2, 0.25) is 0 Å². The van der Waals surface area contributed by atoms with Crippen LogP contribution in [0.1, 0.15) is 54.2 Å². The molecule has 5 nitrogen and oxygen atoms in total. The molecular formula is C30H34F6N2O3. The summed E-state index contributed by atoms with van der Waals surface area (Å²) < 4.78 is 97.8. The van der Waals surface area contributed by atoms with Crippen molar-refractivity contribution in [1.29, 1.82) is 0 Å². The Balaban J connectivity index is 1.53. The third-order valence-electron chi connectivity index (χ3n) is 7.21. The number of alkyl halides is 6. The number of ether oxygens (including phenoxy) is 3. The van der Waals surface area contributed by atoms with Gasteiger partial charge in [-0.25, -0.2) is 0 Å². The van der Waals surface area contributed by atoms with Gasteiger partial charge in [-0.05, 0) is 49.1 Å². The minimum Gasteiger partial charge on any atom is -0.383 e. The Labute approximate surface area is 236 Å². The van der Waals surface area contributed by atoms with Gasteiger partial charge in [-0.1, -0.05) is 42.2 Å². The molecule has 1 aliphatic carbocycles. The Hall–Kier alpha value is -2.62. The van der Waals surface area contributed by atoms with E-state index in [0.717, 1.165) is 24.9 Å². The van der Waals surface area contributed by atoms with Crippen LogP contribution in [0.5, 0.6) is 0 Å². The second kappa shape index (κ2) is 13.6. The topological polar surface area (TPSA) is 34.2 Å². The average Bonchev–Trinajstić information content (AvgIpc) is 3.77. The van der Waals surface area contributed by atoms with Crippen molar-refractivity contribution in [2.45, 2.75) is 56.6 Å². The molecule has 0 radical (unpaired) electrons. The molecule has 2 aromatic rings. The number of benzene rings is 2. The molecule has 41 heavy (non-hydrogen) atoms. The Morgan fingerprint density at radius 2 is 1.66 bits per heavy atom. The lowest BCUT2D eigenvalue weighted by Gasteiger charge is -2.41. The number of hydrogen-bond donors (Lipinski definition) is 0. The first-order chi connectivity index (χ1) is 19.5. The van der Waals surface area contributed by atoms with E-state index in [4.69, 9.17) is 14.2 Å². The lowest BCUT2D eigenvalue weighted by atomic mass is 10.0. The van der Waals surface area contributed by atoms with Crippen molar-refractivity contribution in [1.82, 2.24) is 9.80 Å². The average molecular weight is 585 g/mol. The predicted molar refractivity (Wildman–Crippen MR) is 141 cm³/mol. The zero-order chi connectivity index (χ0) is 29.6. The van der Waals surface area contributed by atoms with E-state index in [1.807, 2.05) is 30.3 Å². The number of rotatable bonds is 10. The molecule has 1 aliphatic heterocycles. The number of halogens is 6. The zero-order valence-corrected chi connectivity index (χ0v) is 23.0. The van der Waals surface area contributed by atoms with Crippen LogP contribution >= 0.6 is 0 Å². The molecule has 0 spiro atoms. The van der Waals surface area contributed by atoms with Crippen LogP contribution in [0.25, 0.3) is 0 Å².